The first kappa shape index (κ1) is 12.9. The van der Waals surface area contributed by atoms with Crippen LogP contribution in [-0.2, 0) is 0 Å². The molecule has 1 aromatic heterocycles. The van der Waals surface area contributed by atoms with Gasteiger partial charge in [-0.15, -0.1) is 0 Å². The number of ether oxygens (including phenoxy) is 1. The van der Waals surface area contributed by atoms with E-state index in [1.165, 1.54) is 11.8 Å². The smallest absolute Gasteiger partial charge is 0.231 e. The van der Waals surface area contributed by atoms with Crippen molar-refractivity contribution in [2.75, 3.05) is 7.11 Å². The first-order chi connectivity index (χ1) is 8.19. The fourth-order valence-electron chi connectivity index (χ4n) is 1.16. The van der Waals surface area contributed by atoms with Gasteiger partial charge in [0.25, 0.3) is 0 Å². The number of benzene rings is 1. The lowest BCUT2D eigenvalue weighted by Crippen LogP contribution is -1.93. The normalized spacial score (nSPS) is 10.3. The number of halogens is 2. The highest BCUT2D eigenvalue weighted by molar-refractivity contribution is 9.10. The number of aromatic nitrogens is 2. The highest BCUT2D eigenvalue weighted by atomic mass is 79.9. The zero-order valence-corrected chi connectivity index (χ0v) is 12.8. The van der Waals surface area contributed by atoms with Crippen LogP contribution in [0, 0.1) is 0 Å². The molecule has 0 bridgehead atoms. The van der Waals surface area contributed by atoms with Crippen LogP contribution in [0.4, 0.5) is 0 Å². The third-order valence-electron chi connectivity index (χ3n) is 1.89. The standard InChI is InChI=1S/C11H8Br2N2OS/c1-16-10-9(13)6-14-11(15-10)17-8-4-2-3-7(12)5-8/h2-6H,1H3. The molecule has 0 unspecified atom stereocenters. The minimum atomic E-state index is 0.539. The molecule has 17 heavy (non-hydrogen) atoms. The van der Waals surface area contributed by atoms with Gasteiger partial charge in [-0.25, -0.2) is 4.98 Å². The first-order valence-electron chi connectivity index (χ1n) is 4.69. The second-order valence-corrected chi connectivity index (χ2v) is 5.88. The monoisotopic (exact) mass is 374 g/mol. The second-order valence-electron chi connectivity index (χ2n) is 3.07. The summed E-state index contributed by atoms with van der Waals surface area (Å²) in [6.45, 7) is 0. The van der Waals surface area contributed by atoms with Crippen molar-refractivity contribution < 1.29 is 4.74 Å². The lowest BCUT2D eigenvalue weighted by atomic mass is 10.4. The van der Waals surface area contributed by atoms with Crippen molar-refractivity contribution in [3.8, 4) is 5.88 Å². The van der Waals surface area contributed by atoms with Crippen LogP contribution in [0.3, 0.4) is 0 Å². The second kappa shape index (κ2) is 5.84. The number of hydrogen-bond acceptors (Lipinski definition) is 4. The van der Waals surface area contributed by atoms with Crippen molar-refractivity contribution >= 4 is 43.6 Å². The van der Waals surface area contributed by atoms with E-state index in [9.17, 15) is 0 Å². The van der Waals surface area contributed by atoms with Crippen molar-refractivity contribution in [1.82, 2.24) is 9.97 Å². The lowest BCUT2D eigenvalue weighted by molar-refractivity contribution is 0.389. The molecule has 6 heteroatoms. The Morgan fingerprint density at radius 1 is 1.29 bits per heavy atom. The molecule has 0 aliphatic heterocycles. The maximum atomic E-state index is 5.13. The molecule has 0 saturated carbocycles. The molecule has 0 radical (unpaired) electrons. The van der Waals surface area contributed by atoms with Gasteiger partial charge < -0.3 is 4.74 Å². The van der Waals surface area contributed by atoms with Crippen LogP contribution in [0.25, 0.3) is 0 Å². The van der Waals surface area contributed by atoms with E-state index in [-0.39, 0.29) is 0 Å². The van der Waals surface area contributed by atoms with E-state index in [1.807, 2.05) is 24.3 Å². The van der Waals surface area contributed by atoms with Gasteiger partial charge in [-0.2, -0.15) is 4.98 Å². The highest BCUT2D eigenvalue weighted by Crippen LogP contribution is 2.30. The summed E-state index contributed by atoms with van der Waals surface area (Å²) < 4.78 is 6.91. The van der Waals surface area contributed by atoms with Gasteiger partial charge in [0.05, 0.1) is 11.6 Å². The molecule has 0 spiro atoms. The predicted octanol–water partition coefficient (Wildman–Crippen LogP) is 4.16. The Labute approximate surface area is 120 Å². The molecule has 2 aromatic rings. The average molecular weight is 376 g/mol. The Kier molecular flexibility index (Phi) is 4.42. The number of hydrogen-bond donors (Lipinski definition) is 0. The molecule has 0 saturated heterocycles. The molecule has 0 atom stereocenters. The summed E-state index contributed by atoms with van der Waals surface area (Å²) in [4.78, 5) is 9.58. The molecule has 0 N–H and O–H groups in total. The SMILES string of the molecule is COc1nc(Sc2cccc(Br)c2)ncc1Br. The topological polar surface area (TPSA) is 35.0 Å². The van der Waals surface area contributed by atoms with Crippen molar-refractivity contribution in [1.29, 1.82) is 0 Å². The third kappa shape index (κ3) is 3.43. The van der Waals surface area contributed by atoms with E-state index in [2.05, 4.69) is 41.8 Å². The van der Waals surface area contributed by atoms with Gasteiger partial charge in [-0.05, 0) is 45.9 Å². The molecular weight excluding hydrogens is 368 g/mol. The predicted molar refractivity (Wildman–Crippen MR) is 74.5 cm³/mol. The summed E-state index contributed by atoms with van der Waals surface area (Å²) in [6.07, 6.45) is 1.69. The number of rotatable bonds is 3. The van der Waals surface area contributed by atoms with Crippen LogP contribution < -0.4 is 4.74 Å². The molecular formula is C11H8Br2N2OS. The largest absolute Gasteiger partial charge is 0.480 e. The third-order valence-corrected chi connectivity index (χ3v) is 3.79. The van der Waals surface area contributed by atoms with Crippen LogP contribution in [-0.4, -0.2) is 17.1 Å². The lowest BCUT2D eigenvalue weighted by Gasteiger charge is -2.04. The van der Waals surface area contributed by atoms with Gasteiger partial charge in [0, 0.05) is 15.6 Å². The zero-order valence-electron chi connectivity index (χ0n) is 8.85. The molecule has 0 aliphatic carbocycles. The van der Waals surface area contributed by atoms with Gasteiger partial charge in [0.2, 0.25) is 5.88 Å². The summed E-state index contributed by atoms with van der Waals surface area (Å²) >= 11 is 8.24. The minimum Gasteiger partial charge on any atom is -0.480 e. The maximum absolute atomic E-state index is 5.13. The average Bonchev–Trinajstić information content (AvgIpc) is 2.32. The van der Waals surface area contributed by atoms with Gasteiger partial charge in [-0.3, -0.25) is 0 Å². The molecule has 1 aromatic carbocycles. The van der Waals surface area contributed by atoms with Crippen LogP contribution in [0.5, 0.6) is 5.88 Å². The molecule has 3 nitrogen and oxygen atoms in total. The number of methoxy groups -OCH3 is 1. The molecule has 0 fully saturated rings. The Morgan fingerprint density at radius 3 is 2.82 bits per heavy atom. The van der Waals surface area contributed by atoms with Crippen molar-refractivity contribution in [3.63, 3.8) is 0 Å². The summed E-state index contributed by atoms with van der Waals surface area (Å²) in [6, 6.07) is 7.98. The minimum absolute atomic E-state index is 0.539. The van der Waals surface area contributed by atoms with E-state index in [0.717, 1.165) is 13.8 Å². The summed E-state index contributed by atoms with van der Waals surface area (Å²) in [5.74, 6) is 0.539. The van der Waals surface area contributed by atoms with Crippen LogP contribution >= 0.6 is 43.6 Å². The molecule has 0 amide bonds. The van der Waals surface area contributed by atoms with Crippen LogP contribution in [0.1, 0.15) is 0 Å². The van der Waals surface area contributed by atoms with E-state index in [1.54, 1.807) is 13.3 Å². The molecule has 2 rings (SSSR count). The fraction of sp³-hybridized carbons (Fsp3) is 0.0909. The molecule has 0 aliphatic rings. The van der Waals surface area contributed by atoms with Crippen LogP contribution in [0.2, 0.25) is 0 Å². The van der Waals surface area contributed by atoms with E-state index in [4.69, 9.17) is 4.74 Å². The van der Waals surface area contributed by atoms with Gasteiger partial charge in [0.1, 0.15) is 0 Å². The number of nitrogens with zero attached hydrogens (tertiary/aromatic N) is 2. The van der Waals surface area contributed by atoms with Crippen molar-refractivity contribution in [2.24, 2.45) is 0 Å². The Balaban J connectivity index is 2.24. The summed E-state index contributed by atoms with van der Waals surface area (Å²) in [5, 5.41) is 0.656. The van der Waals surface area contributed by atoms with E-state index < -0.39 is 0 Å². The maximum Gasteiger partial charge on any atom is 0.231 e. The summed E-state index contributed by atoms with van der Waals surface area (Å²) in [5.41, 5.74) is 0. The van der Waals surface area contributed by atoms with Crippen LogP contribution in [0.15, 0.2) is 49.5 Å². The van der Waals surface area contributed by atoms with Crippen molar-refractivity contribution in [2.45, 2.75) is 10.1 Å². The first-order valence-corrected chi connectivity index (χ1v) is 7.09. The Hall–Kier alpha value is -0.590. The van der Waals surface area contributed by atoms with Gasteiger partial charge in [-0.1, -0.05) is 22.0 Å². The fourth-order valence-corrected chi connectivity index (χ4v) is 2.85. The van der Waals surface area contributed by atoms with E-state index in [0.29, 0.717) is 11.0 Å². The Bertz CT molecular complexity index is 537. The quantitative estimate of drug-likeness (QED) is 0.754. The van der Waals surface area contributed by atoms with Gasteiger partial charge in [0.15, 0.2) is 5.16 Å². The highest BCUT2D eigenvalue weighted by Gasteiger charge is 2.06. The molecule has 88 valence electrons. The Morgan fingerprint density at radius 2 is 2.12 bits per heavy atom. The summed E-state index contributed by atoms with van der Waals surface area (Å²) in [7, 11) is 1.58. The zero-order chi connectivity index (χ0) is 12.3. The molecule has 1 heterocycles. The van der Waals surface area contributed by atoms with Gasteiger partial charge >= 0.3 is 0 Å². The van der Waals surface area contributed by atoms with Crippen molar-refractivity contribution in [3.05, 3.63) is 39.4 Å². The van der Waals surface area contributed by atoms with E-state index >= 15 is 0 Å².